The van der Waals surface area contributed by atoms with Gasteiger partial charge in [-0.3, -0.25) is 0 Å². The van der Waals surface area contributed by atoms with Crippen molar-refractivity contribution in [2.45, 2.75) is 13.0 Å². The van der Waals surface area contributed by atoms with Crippen LogP contribution in [0.4, 0.5) is 4.39 Å². The number of fused-ring (bicyclic) bond motifs is 1. The van der Waals surface area contributed by atoms with E-state index in [1.54, 1.807) is 12.1 Å². The monoisotopic (exact) mass is 303 g/mol. The summed E-state index contributed by atoms with van der Waals surface area (Å²) in [6.45, 7) is 2.02. The van der Waals surface area contributed by atoms with Gasteiger partial charge in [0.25, 0.3) is 0 Å². The van der Waals surface area contributed by atoms with Crippen molar-refractivity contribution in [1.82, 2.24) is 5.32 Å². The van der Waals surface area contributed by atoms with E-state index in [4.69, 9.17) is 16.0 Å². The lowest BCUT2D eigenvalue weighted by Crippen LogP contribution is -2.12. The summed E-state index contributed by atoms with van der Waals surface area (Å²) in [7, 11) is 1.87. The van der Waals surface area contributed by atoms with Crippen molar-refractivity contribution in [1.29, 1.82) is 0 Å². The molecule has 0 aliphatic heterocycles. The molecule has 3 aromatic rings. The van der Waals surface area contributed by atoms with Crippen molar-refractivity contribution in [3.05, 3.63) is 58.9 Å². The van der Waals surface area contributed by atoms with Gasteiger partial charge in [-0.15, -0.1) is 0 Å². The molecule has 0 amide bonds. The van der Waals surface area contributed by atoms with Crippen molar-refractivity contribution in [2.24, 2.45) is 0 Å². The van der Waals surface area contributed by atoms with Crippen molar-refractivity contribution in [3.8, 4) is 11.3 Å². The average Bonchev–Trinajstić information content (AvgIpc) is 2.92. The van der Waals surface area contributed by atoms with Gasteiger partial charge in [0.1, 0.15) is 11.6 Å². The van der Waals surface area contributed by atoms with E-state index in [0.717, 1.165) is 10.9 Å². The standard InChI is InChI=1S/C17H15ClFNO/c1-10(20-2)11-6-7-15(19)13(8-11)16-9-12-4-3-5-14(18)17(12)21-16/h3-10,20H,1-2H3. The Kier molecular flexibility index (Phi) is 3.70. The first kappa shape index (κ1) is 14.1. The van der Waals surface area contributed by atoms with Crippen molar-refractivity contribution < 1.29 is 8.81 Å². The van der Waals surface area contributed by atoms with Gasteiger partial charge in [0, 0.05) is 11.4 Å². The van der Waals surface area contributed by atoms with Crippen LogP contribution in [-0.2, 0) is 0 Å². The summed E-state index contributed by atoms with van der Waals surface area (Å²) in [5, 5.41) is 4.53. The highest BCUT2D eigenvalue weighted by Gasteiger charge is 2.14. The molecule has 0 spiro atoms. The minimum atomic E-state index is -0.308. The summed E-state index contributed by atoms with van der Waals surface area (Å²) in [6, 6.07) is 12.5. The van der Waals surface area contributed by atoms with Crippen molar-refractivity contribution >= 4 is 22.6 Å². The molecule has 108 valence electrons. The van der Waals surface area contributed by atoms with Crippen LogP contribution >= 0.6 is 11.6 Å². The Morgan fingerprint density at radius 2 is 2.00 bits per heavy atom. The van der Waals surface area contributed by atoms with Crippen LogP contribution in [0.15, 0.2) is 46.9 Å². The number of hydrogen-bond donors (Lipinski definition) is 1. The van der Waals surface area contributed by atoms with Crippen LogP contribution in [0.5, 0.6) is 0 Å². The first-order valence-electron chi connectivity index (χ1n) is 6.75. The Bertz CT molecular complexity index is 797. The van der Waals surface area contributed by atoms with Gasteiger partial charge < -0.3 is 9.73 Å². The maximum atomic E-state index is 14.1. The molecule has 0 fully saturated rings. The first-order chi connectivity index (χ1) is 10.1. The lowest BCUT2D eigenvalue weighted by atomic mass is 10.0. The second-order valence-electron chi connectivity index (χ2n) is 5.02. The third-order valence-electron chi connectivity index (χ3n) is 3.68. The van der Waals surface area contributed by atoms with E-state index in [-0.39, 0.29) is 11.9 Å². The average molecular weight is 304 g/mol. The fourth-order valence-electron chi connectivity index (χ4n) is 2.33. The summed E-state index contributed by atoms with van der Waals surface area (Å²) in [5.74, 6) is 0.179. The number of halogens is 2. The van der Waals surface area contributed by atoms with E-state index < -0.39 is 0 Å². The lowest BCUT2D eigenvalue weighted by molar-refractivity contribution is 0.597. The highest BCUT2D eigenvalue weighted by atomic mass is 35.5. The molecular formula is C17H15ClFNO. The number of nitrogens with one attached hydrogen (secondary N) is 1. The van der Waals surface area contributed by atoms with Gasteiger partial charge in [-0.1, -0.05) is 29.8 Å². The maximum Gasteiger partial charge on any atom is 0.153 e. The number of hydrogen-bond acceptors (Lipinski definition) is 2. The molecule has 2 aromatic carbocycles. The zero-order valence-electron chi connectivity index (χ0n) is 11.8. The molecule has 0 bridgehead atoms. The number of para-hydroxylation sites is 1. The summed E-state index contributed by atoms with van der Waals surface area (Å²) < 4.78 is 19.9. The van der Waals surface area contributed by atoms with E-state index in [0.29, 0.717) is 21.9 Å². The second kappa shape index (κ2) is 5.51. The fraction of sp³-hybridized carbons (Fsp3) is 0.176. The Morgan fingerprint density at radius 3 is 2.71 bits per heavy atom. The zero-order valence-corrected chi connectivity index (χ0v) is 12.5. The molecule has 1 N–H and O–H groups in total. The maximum absolute atomic E-state index is 14.1. The smallest absolute Gasteiger partial charge is 0.153 e. The van der Waals surface area contributed by atoms with Crippen molar-refractivity contribution in [3.63, 3.8) is 0 Å². The minimum absolute atomic E-state index is 0.136. The molecular weight excluding hydrogens is 289 g/mol. The van der Waals surface area contributed by atoms with Crippen LogP contribution in [0.1, 0.15) is 18.5 Å². The molecule has 1 unspecified atom stereocenters. The van der Waals surface area contributed by atoms with Gasteiger partial charge in [0.2, 0.25) is 0 Å². The zero-order chi connectivity index (χ0) is 15.0. The molecule has 1 atom stereocenters. The summed E-state index contributed by atoms with van der Waals surface area (Å²) in [4.78, 5) is 0. The second-order valence-corrected chi connectivity index (χ2v) is 5.43. The molecule has 2 nitrogen and oxygen atoms in total. The molecule has 4 heteroatoms. The highest BCUT2D eigenvalue weighted by Crippen LogP contribution is 2.34. The summed E-state index contributed by atoms with van der Waals surface area (Å²) in [6.07, 6.45) is 0. The number of furan rings is 1. The van der Waals surface area contributed by atoms with Gasteiger partial charge in [0.15, 0.2) is 5.58 Å². The van der Waals surface area contributed by atoms with Crippen LogP contribution < -0.4 is 5.32 Å². The van der Waals surface area contributed by atoms with Gasteiger partial charge in [-0.05, 0) is 43.8 Å². The Hall–Kier alpha value is -1.84. The highest BCUT2D eigenvalue weighted by molar-refractivity contribution is 6.34. The topological polar surface area (TPSA) is 25.2 Å². The van der Waals surface area contributed by atoms with E-state index in [1.807, 2.05) is 38.2 Å². The van der Waals surface area contributed by atoms with Crippen LogP contribution in [0, 0.1) is 5.82 Å². The van der Waals surface area contributed by atoms with Gasteiger partial charge in [-0.25, -0.2) is 4.39 Å². The molecule has 3 rings (SSSR count). The third-order valence-corrected chi connectivity index (χ3v) is 3.98. The van der Waals surface area contributed by atoms with Gasteiger partial charge in [0.05, 0.1) is 10.6 Å². The molecule has 0 saturated carbocycles. The molecule has 1 aromatic heterocycles. The van der Waals surface area contributed by atoms with Gasteiger partial charge >= 0.3 is 0 Å². The molecule has 1 heterocycles. The van der Waals surface area contributed by atoms with E-state index in [9.17, 15) is 4.39 Å². The largest absolute Gasteiger partial charge is 0.454 e. The Balaban J connectivity index is 2.15. The number of rotatable bonds is 3. The molecule has 21 heavy (non-hydrogen) atoms. The minimum Gasteiger partial charge on any atom is -0.454 e. The summed E-state index contributed by atoms with van der Waals surface area (Å²) >= 11 is 6.10. The predicted molar refractivity (Wildman–Crippen MR) is 84.1 cm³/mol. The fourth-order valence-corrected chi connectivity index (χ4v) is 2.55. The SMILES string of the molecule is CNC(C)c1ccc(F)c(-c2cc3cccc(Cl)c3o2)c1. The molecule has 0 aliphatic rings. The summed E-state index contributed by atoms with van der Waals surface area (Å²) in [5.41, 5.74) is 2.03. The Morgan fingerprint density at radius 1 is 1.19 bits per heavy atom. The number of benzene rings is 2. The molecule has 0 saturated heterocycles. The van der Waals surface area contributed by atoms with E-state index in [1.165, 1.54) is 6.07 Å². The van der Waals surface area contributed by atoms with Crippen LogP contribution in [-0.4, -0.2) is 7.05 Å². The van der Waals surface area contributed by atoms with Crippen LogP contribution in [0.25, 0.3) is 22.3 Å². The first-order valence-corrected chi connectivity index (χ1v) is 7.13. The lowest BCUT2D eigenvalue weighted by Gasteiger charge is -2.11. The normalized spacial score (nSPS) is 12.8. The predicted octanol–water partition coefficient (Wildman–Crippen LogP) is 5.17. The Labute approximate surface area is 127 Å². The van der Waals surface area contributed by atoms with Crippen LogP contribution in [0.3, 0.4) is 0 Å². The quantitative estimate of drug-likeness (QED) is 0.722. The molecule has 0 aliphatic carbocycles. The van der Waals surface area contributed by atoms with Gasteiger partial charge in [-0.2, -0.15) is 0 Å². The van der Waals surface area contributed by atoms with Crippen LogP contribution in [0.2, 0.25) is 5.02 Å². The third kappa shape index (κ3) is 2.55. The van der Waals surface area contributed by atoms with E-state index >= 15 is 0 Å². The molecule has 0 radical (unpaired) electrons. The van der Waals surface area contributed by atoms with E-state index in [2.05, 4.69) is 5.32 Å². The van der Waals surface area contributed by atoms with Crippen molar-refractivity contribution in [2.75, 3.05) is 7.05 Å².